The Morgan fingerprint density at radius 3 is 2.80 bits per heavy atom. The van der Waals surface area contributed by atoms with Crippen LogP contribution in [-0.4, -0.2) is 4.98 Å². The number of nitrogens with zero attached hydrogens (tertiary/aromatic N) is 1. The summed E-state index contributed by atoms with van der Waals surface area (Å²) in [4.78, 5) is 4.39. The minimum Gasteiger partial charge on any atom is -0.260 e. The number of rotatable bonds is 1. The van der Waals surface area contributed by atoms with Crippen LogP contribution in [0, 0.1) is 5.41 Å². The predicted molar refractivity (Wildman–Crippen MR) is 63.7 cm³/mol. The zero-order valence-electron chi connectivity index (χ0n) is 9.40. The van der Waals surface area contributed by atoms with Gasteiger partial charge in [-0.2, -0.15) is 0 Å². The number of hydrogen-bond donors (Lipinski definition) is 0. The predicted octanol–water partition coefficient (Wildman–Crippen LogP) is 3.71. The summed E-state index contributed by atoms with van der Waals surface area (Å²) in [6.07, 6.45) is 7.40. The van der Waals surface area contributed by atoms with Crippen molar-refractivity contribution in [2.24, 2.45) is 5.41 Å². The highest BCUT2D eigenvalue weighted by Gasteiger charge is 2.25. The zero-order valence-corrected chi connectivity index (χ0v) is 9.40. The summed E-state index contributed by atoms with van der Waals surface area (Å²) in [7, 11) is 0. The molecule has 0 N–H and O–H groups in total. The third-order valence-electron chi connectivity index (χ3n) is 2.87. The Labute approximate surface area is 91.6 Å². The molecule has 1 unspecified atom stereocenters. The number of aromatic nitrogens is 1. The van der Waals surface area contributed by atoms with Gasteiger partial charge in [-0.3, -0.25) is 4.98 Å². The molecule has 0 amide bonds. The molecule has 1 aliphatic rings. The zero-order chi connectivity index (χ0) is 10.9. The molecule has 78 valence electrons. The molecular formula is C14H17N. The normalized spacial score (nSPS) is 24.1. The van der Waals surface area contributed by atoms with E-state index in [0.717, 1.165) is 12.1 Å². The first-order valence-corrected chi connectivity index (χ1v) is 5.36. The smallest absolute Gasteiger partial charge is 0.0512 e. The third-order valence-corrected chi connectivity index (χ3v) is 2.87. The first-order valence-electron chi connectivity index (χ1n) is 5.36. The molecule has 0 spiro atoms. The van der Waals surface area contributed by atoms with Gasteiger partial charge in [-0.15, -0.1) is 0 Å². The molecule has 1 heterocycles. The van der Waals surface area contributed by atoms with Crippen LogP contribution in [0.15, 0.2) is 48.7 Å². The molecule has 1 aromatic heterocycles. The van der Waals surface area contributed by atoms with E-state index >= 15 is 0 Å². The molecule has 1 aromatic rings. The monoisotopic (exact) mass is 199 g/mol. The Bertz CT molecular complexity index is 387. The molecule has 0 radical (unpaired) electrons. The topological polar surface area (TPSA) is 12.9 Å². The molecule has 1 nitrogen and oxygen atoms in total. The molecule has 0 fully saturated rings. The van der Waals surface area contributed by atoms with Crippen molar-refractivity contribution in [3.63, 3.8) is 0 Å². The van der Waals surface area contributed by atoms with Crippen molar-refractivity contribution < 1.29 is 0 Å². The molecule has 1 heteroatoms. The van der Waals surface area contributed by atoms with Crippen molar-refractivity contribution in [3.8, 4) is 0 Å². The van der Waals surface area contributed by atoms with E-state index < -0.39 is 0 Å². The molecular weight excluding hydrogens is 182 g/mol. The number of pyridine rings is 1. The summed E-state index contributed by atoms with van der Waals surface area (Å²) in [6, 6.07) is 6.05. The van der Waals surface area contributed by atoms with Gasteiger partial charge in [0.1, 0.15) is 0 Å². The largest absolute Gasteiger partial charge is 0.260 e. The lowest BCUT2D eigenvalue weighted by Crippen LogP contribution is -2.17. The standard InChI is InChI=1S/C14H17N/c1-11-10-14(2,3)8-7-12(11)13-6-4-5-9-15-13/h4-9,12H,1,10H2,2-3H3. The molecule has 0 bridgehead atoms. The van der Waals surface area contributed by atoms with Crippen LogP contribution in [0.5, 0.6) is 0 Å². The van der Waals surface area contributed by atoms with Gasteiger partial charge in [-0.1, -0.05) is 44.2 Å². The van der Waals surface area contributed by atoms with E-state index in [1.54, 1.807) is 0 Å². The van der Waals surface area contributed by atoms with Crippen molar-refractivity contribution in [1.29, 1.82) is 0 Å². The van der Waals surface area contributed by atoms with Crippen LogP contribution in [-0.2, 0) is 0 Å². The van der Waals surface area contributed by atoms with E-state index in [-0.39, 0.29) is 5.41 Å². The van der Waals surface area contributed by atoms with Gasteiger partial charge in [0.25, 0.3) is 0 Å². The van der Waals surface area contributed by atoms with Gasteiger partial charge in [-0.25, -0.2) is 0 Å². The quantitative estimate of drug-likeness (QED) is 0.628. The van der Waals surface area contributed by atoms with Crippen molar-refractivity contribution in [3.05, 3.63) is 54.4 Å². The van der Waals surface area contributed by atoms with Gasteiger partial charge < -0.3 is 0 Å². The molecule has 0 saturated carbocycles. The average Bonchev–Trinajstić information content (AvgIpc) is 2.17. The summed E-state index contributed by atoms with van der Waals surface area (Å²) in [5.41, 5.74) is 2.62. The van der Waals surface area contributed by atoms with Crippen LogP contribution >= 0.6 is 0 Å². The maximum atomic E-state index is 4.39. The van der Waals surface area contributed by atoms with Crippen molar-refractivity contribution in [1.82, 2.24) is 4.98 Å². The van der Waals surface area contributed by atoms with Gasteiger partial charge in [0, 0.05) is 12.1 Å². The molecule has 0 aliphatic heterocycles. The van der Waals surface area contributed by atoms with Gasteiger partial charge in [0.2, 0.25) is 0 Å². The molecule has 15 heavy (non-hydrogen) atoms. The summed E-state index contributed by atoms with van der Waals surface area (Å²) in [5.74, 6) is 0.305. The van der Waals surface area contributed by atoms with Crippen LogP contribution < -0.4 is 0 Å². The van der Waals surface area contributed by atoms with E-state index in [4.69, 9.17) is 0 Å². The Morgan fingerprint density at radius 2 is 2.20 bits per heavy atom. The average molecular weight is 199 g/mol. The van der Waals surface area contributed by atoms with Gasteiger partial charge in [-0.05, 0) is 24.0 Å². The summed E-state index contributed by atoms with van der Waals surface area (Å²) < 4.78 is 0. The molecule has 1 atom stereocenters. The maximum Gasteiger partial charge on any atom is 0.0512 e. The van der Waals surface area contributed by atoms with E-state index in [2.05, 4.69) is 43.6 Å². The second-order valence-corrected chi connectivity index (χ2v) is 4.91. The summed E-state index contributed by atoms with van der Waals surface area (Å²) in [6.45, 7) is 8.66. The summed E-state index contributed by atoms with van der Waals surface area (Å²) in [5, 5.41) is 0. The second kappa shape index (κ2) is 3.65. The van der Waals surface area contributed by atoms with Crippen LogP contribution in [0.3, 0.4) is 0 Å². The third kappa shape index (κ3) is 2.17. The number of hydrogen-bond acceptors (Lipinski definition) is 1. The fourth-order valence-corrected chi connectivity index (χ4v) is 2.11. The van der Waals surface area contributed by atoms with E-state index in [0.29, 0.717) is 5.92 Å². The van der Waals surface area contributed by atoms with Crippen molar-refractivity contribution >= 4 is 0 Å². The number of allylic oxidation sites excluding steroid dienone is 3. The fourth-order valence-electron chi connectivity index (χ4n) is 2.11. The first kappa shape index (κ1) is 10.2. The van der Waals surface area contributed by atoms with Crippen LogP contribution in [0.25, 0.3) is 0 Å². The van der Waals surface area contributed by atoms with Gasteiger partial charge in [0.15, 0.2) is 0 Å². The lowest BCUT2D eigenvalue weighted by Gasteiger charge is -2.30. The molecule has 2 rings (SSSR count). The minimum absolute atomic E-state index is 0.252. The second-order valence-electron chi connectivity index (χ2n) is 4.91. The Hall–Kier alpha value is -1.37. The molecule has 0 aromatic carbocycles. The summed E-state index contributed by atoms with van der Waals surface area (Å²) >= 11 is 0. The van der Waals surface area contributed by atoms with Crippen molar-refractivity contribution in [2.45, 2.75) is 26.2 Å². The van der Waals surface area contributed by atoms with E-state index in [1.807, 2.05) is 18.3 Å². The lowest BCUT2D eigenvalue weighted by atomic mass is 9.75. The van der Waals surface area contributed by atoms with E-state index in [9.17, 15) is 0 Å². The van der Waals surface area contributed by atoms with Gasteiger partial charge in [0.05, 0.1) is 5.69 Å². The minimum atomic E-state index is 0.252. The first-order chi connectivity index (χ1) is 7.08. The SMILES string of the molecule is C=C1CC(C)(C)C=CC1c1ccccn1. The Morgan fingerprint density at radius 1 is 1.40 bits per heavy atom. The lowest BCUT2D eigenvalue weighted by molar-refractivity contribution is 0.449. The highest BCUT2D eigenvalue weighted by Crippen LogP contribution is 2.39. The van der Waals surface area contributed by atoms with Crippen LogP contribution in [0.4, 0.5) is 0 Å². The Balaban J connectivity index is 2.30. The van der Waals surface area contributed by atoms with Crippen LogP contribution in [0.2, 0.25) is 0 Å². The highest BCUT2D eigenvalue weighted by atomic mass is 14.7. The van der Waals surface area contributed by atoms with E-state index in [1.165, 1.54) is 5.57 Å². The maximum absolute atomic E-state index is 4.39. The van der Waals surface area contributed by atoms with Crippen LogP contribution in [0.1, 0.15) is 31.9 Å². The van der Waals surface area contributed by atoms with Gasteiger partial charge >= 0.3 is 0 Å². The van der Waals surface area contributed by atoms with Crippen molar-refractivity contribution in [2.75, 3.05) is 0 Å². The molecule has 1 aliphatic carbocycles. The Kier molecular flexibility index (Phi) is 2.47. The highest BCUT2D eigenvalue weighted by molar-refractivity contribution is 5.32. The fraction of sp³-hybridized carbons (Fsp3) is 0.357. The molecule has 0 saturated heterocycles.